The molecule has 19 heavy (non-hydrogen) atoms. The van der Waals surface area contributed by atoms with Crippen LogP contribution in [0.2, 0.25) is 0 Å². The fourth-order valence-electron chi connectivity index (χ4n) is 3.60. The smallest absolute Gasteiger partial charge is 0.0951 e. The van der Waals surface area contributed by atoms with Crippen LogP contribution in [-0.2, 0) is 6.54 Å². The Morgan fingerprint density at radius 3 is 2.79 bits per heavy atom. The quantitative estimate of drug-likeness (QED) is 0.879. The molecule has 1 aromatic rings. The van der Waals surface area contributed by atoms with Crippen LogP contribution < -0.4 is 5.32 Å². The molecule has 0 radical (unpaired) electrons. The molecule has 0 amide bonds. The van der Waals surface area contributed by atoms with Crippen molar-refractivity contribution in [2.75, 3.05) is 0 Å². The zero-order valence-electron chi connectivity index (χ0n) is 12.3. The largest absolute Gasteiger partial charge is 0.330 e. The third-order valence-electron chi connectivity index (χ3n) is 4.91. The van der Waals surface area contributed by atoms with E-state index in [-0.39, 0.29) is 0 Å². The molecule has 1 N–H and O–H groups in total. The summed E-state index contributed by atoms with van der Waals surface area (Å²) >= 11 is 0. The first-order valence-electron chi connectivity index (χ1n) is 8.00. The number of imidazole rings is 1. The Kier molecular flexibility index (Phi) is 3.92. The van der Waals surface area contributed by atoms with E-state index in [1.54, 1.807) is 0 Å². The third-order valence-corrected chi connectivity index (χ3v) is 4.91. The van der Waals surface area contributed by atoms with E-state index in [1.807, 2.05) is 12.5 Å². The number of hydrogen-bond acceptors (Lipinski definition) is 2. The summed E-state index contributed by atoms with van der Waals surface area (Å²) in [6, 6.07) is 1.45. The minimum atomic E-state index is 0.705. The molecule has 0 bridgehead atoms. The van der Waals surface area contributed by atoms with Crippen LogP contribution in [0.4, 0.5) is 0 Å². The highest BCUT2D eigenvalue weighted by Gasteiger charge is 2.28. The minimum Gasteiger partial charge on any atom is -0.330 e. The first kappa shape index (κ1) is 13.2. The van der Waals surface area contributed by atoms with Crippen molar-refractivity contribution in [2.45, 2.75) is 71.0 Å². The standard InChI is InChI=1S/C16H27N3/c1-12(2)15-5-3-4-6-16(15)18-10-14-9-17-11-19(14)13-7-8-13/h9,11-13,15-16,18H,3-8,10H2,1-2H3. The van der Waals surface area contributed by atoms with E-state index in [9.17, 15) is 0 Å². The van der Waals surface area contributed by atoms with Crippen LogP contribution in [0.25, 0.3) is 0 Å². The van der Waals surface area contributed by atoms with Crippen molar-refractivity contribution in [1.82, 2.24) is 14.9 Å². The molecule has 1 heterocycles. The van der Waals surface area contributed by atoms with Gasteiger partial charge in [0.2, 0.25) is 0 Å². The van der Waals surface area contributed by atoms with Crippen LogP contribution in [0.1, 0.15) is 64.1 Å². The molecule has 2 aliphatic carbocycles. The highest BCUT2D eigenvalue weighted by atomic mass is 15.1. The van der Waals surface area contributed by atoms with Gasteiger partial charge in [-0.3, -0.25) is 0 Å². The summed E-state index contributed by atoms with van der Waals surface area (Å²) in [4.78, 5) is 4.32. The van der Waals surface area contributed by atoms with Gasteiger partial charge in [-0.2, -0.15) is 0 Å². The van der Waals surface area contributed by atoms with Crippen molar-refractivity contribution in [3.8, 4) is 0 Å². The molecule has 0 aliphatic heterocycles. The third kappa shape index (κ3) is 3.02. The highest BCUT2D eigenvalue weighted by Crippen LogP contribution is 2.36. The Morgan fingerprint density at radius 2 is 2.05 bits per heavy atom. The fraction of sp³-hybridized carbons (Fsp3) is 0.812. The SMILES string of the molecule is CC(C)C1CCCCC1NCc1cncn1C1CC1. The summed E-state index contributed by atoms with van der Waals surface area (Å²) in [5.41, 5.74) is 1.37. The van der Waals surface area contributed by atoms with Crippen molar-refractivity contribution in [2.24, 2.45) is 11.8 Å². The van der Waals surface area contributed by atoms with Gasteiger partial charge in [0.15, 0.2) is 0 Å². The molecule has 2 saturated carbocycles. The fourth-order valence-corrected chi connectivity index (χ4v) is 3.60. The molecule has 2 aliphatic rings. The Balaban J connectivity index is 1.59. The van der Waals surface area contributed by atoms with E-state index in [2.05, 4.69) is 28.7 Å². The van der Waals surface area contributed by atoms with Gasteiger partial charge in [0.1, 0.15) is 0 Å². The summed E-state index contributed by atoms with van der Waals surface area (Å²) in [5.74, 6) is 1.65. The van der Waals surface area contributed by atoms with Crippen LogP contribution in [0.3, 0.4) is 0 Å². The van der Waals surface area contributed by atoms with E-state index in [1.165, 1.54) is 44.2 Å². The predicted molar refractivity (Wildman–Crippen MR) is 77.9 cm³/mol. The van der Waals surface area contributed by atoms with E-state index >= 15 is 0 Å². The minimum absolute atomic E-state index is 0.705. The van der Waals surface area contributed by atoms with Crippen LogP contribution in [0.5, 0.6) is 0 Å². The molecule has 0 spiro atoms. The topological polar surface area (TPSA) is 29.9 Å². The maximum atomic E-state index is 4.32. The summed E-state index contributed by atoms with van der Waals surface area (Å²) in [6.45, 7) is 5.74. The second-order valence-corrected chi connectivity index (χ2v) is 6.70. The molecule has 3 rings (SSSR count). The number of rotatable bonds is 5. The van der Waals surface area contributed by atoms with E-state index in [0.29, 0.717) is 6.04 Å². The summed E-state index contributed by atoms with van der Waals surface area (Å²) in [6.07, 6.45) is 12.3. The Labute approximate surface area is 116 Å². The predicted octanol–water partition coefficient (Wildman–Crippen LogP) is 3.52. The molecule has 106 valence electrons. The van der Waals surface area contributed by atoms with Gasteiger partial charge in [0, 0.05) is 24.8 Å². The van der Waals surface area contributed by atoms with E-state index < -0.39 is 0 Å². The zero-order chi connectivity index (χ0) is 13.2. The maximum Gasteiger partial charge on any atom is 0.0951 e. The summed E-state index contributed by atoms with van der Waals surface area (Å²) < 4.78 is 2.38. The van der Waals surface area contributed by atoms with Crippen LogP contribution >= 0.6 is 0 Å². The second-order valence-electron chi connectivity index (χ2n) is 6.70. The first-order valence-corrected chi connectivity index (χ1v) is 8.00. The highest BCUT2D eigenvalue weighted by molar-refractivity contribution is 5.03. The van der Waals surface area contributed by atoms with Gasteiger partial charge in [-0.1, -0.05) is 26.7 Å². The molecule has 3 nitrogen and oxygen atoms in total. The van der Waals surface area contributed by atoms with Crippen LogP contribution in [0, 0.1) is 11.8 Å². The zero-order valence-corrected chi connectivity index (χ0v) is 12.3. The van der Waals surface area contributed by atoms with E-state index in [4.69, 9.17) is 0 Å². The second kappa shape index (κ2) is 5.66. The molecular formula is C16H27N3. The molecule has 3 heteroatoms. The Hall–Kier alpha value is -0.830. The maximum absolute atomic E-state index is 4.32. The van der Waals surface area contributed by atoms with Crippen molar-refractivity contribution >= 4 is 0 Å². The number of aromatic nitrogens is 2. The lowest BCUT2D eigenvalue weighted by molar-refractivity contribution is 0.204. The summed E-state index contributed by atoms with van der Waals surface area (Å²) in [5, 5.41) is 3.82. The number of nitrogens with zero attached hydrogens (tertiary/aromatic N) is 2. The number of hydrogen-bond donors (Lipinski definition) is 1. The van der Waals surface area contributed by atoms with Gasteiger partial charge in [-0.15, -0.1) is 0 Å². The Bertz CT molecular complexity index is 406. The van der Waals surface area contributed by atoms with Crippen molar-refractivity contribution in [1.29, 1.82) is 0 Å². The van der Waals surface area contributed by atoms with Crippen molar-refractivity contribution in [3.63, 3.8) is 0 Å². The molecule has 2 atom stereocenters. The molecule has 1 aromatic heterocycles. The average Bonchev–Trinajstić information content (AvgIpc) is 3.15. The molecule has 0 saturated heterocycles. The number of nitrogens with one attached hydrogen (secondary N) is 1. The van der Waals surface area contributed by atoms with Gasteiger partial charge in [0.25, 0.3) is 0 Å². The average molecular weight is 261 g/mol. The monoisotopic (exact) mass is 261 g/mol. The van der Waals surface area contributed by atoms with Gasteiger partial charge in [-0.25, -0.2) is 4.98 Å². The lowest BCUT2D eigenvalue weighted by Crippen LogP contribution is -2.40. The molecular weight excluding hydrogens is 234 g/mol. The van der Waals surface area contributed by atoms with Crippen molar-refractivity contribution < 1.29 is 0 Å². The van der Waals surface area contributed by atoms with Gasteiger partial charge >= 0.3 is 0 Å². The van der Waals surface area contributed by atoms with Gasteiger partial charge in [-0.05, 0) is 37.5 Å². The first-order chi connectivity index (χ1) is 9.25. The summed E-state index contributed by atoms with van der Waals surface area (Å²) in [7, 11) is 0. The van der Waals surface area contributed by atoms with Crippen LogP contribution in [-0.4, -0.2) is 15.6 Å². The normalized spacial score (nSPS) is 27.9. The lowest BCUT2D eigenvalue weighted by atomic mass is 9.78. The van der Waals surface area contributed by atoms with E-state index in [0.717, 1.165) is 24.4 Å². The molecule has 0 aromatic carbocycles. The molecule has 2 unspecified atom stereocenters. The van der Waals surface area contributed by atoms with Crippen molar-refractivity contribution in [3.05, 3.63) is 18.2 Å². The van der Waals surface area contributed by atoms with Gasteiger partial charge in [0.05, 0.1) is 12.0 Å². The Morgan fingerprint density at radius 1 is 1.26 bits per heavy atom. The van der Waals surface area contributed by atoms with Crippen LogP contribution in [0.15, 0.2) is 12.5 Å². The lowest BCUT2D eigenvalue weighted by Gasteiger charge is -2.35. The van der Waals surface area contributed by atoms with Gasteiger partial charge < -0.3 is 9.88 Å². The molecule has 2 fully saturated rings.